The molecule has 1 rings (SSSR count). The van der Waals surface area contributed by atoms with Gasteiger partial charge in [0.25, 0.3) is 0 Å². The van der Waals surface area contributed by atoms with Crippen molar-refractivity contribution in [2.75, 3.05) is 0 Å². The van der Waals surface area contributed by atoms with Gasteiger partial charge in [-0.1, -0.05) is 6.20 Å². The summed E-state index contributed by atoms with van der Waals surface area (Å²) in [5.41, 5.74) is 0. The predicted molar refractivity (Wildman–Crippen MR) is 29.2 cm³/mol. The molecule has 1 heterocycles. The molecule has 0 amide bonds. The fraction of sp³-hybridized carbons (Fsp3) is 0. The summed E-state index contributed by atoms with van der Waals surface area (Å²) in [4.78, 5) is 0. The predicted octanol–water partition coefficient (Wildman–Crippen LogP) is 0.976. The zero-order valence-electron chi connectivity index (χ0n) is 3.89. The molecule has 1 aliphatic heterocycles. The SMILES string of the molecule is [C-]1=CC=CC=CN1. The van der Waals surface area contributed by atoms with Gasteiger partial charge in [-0.15, -0.1) is 18.4 Å². The van der Waals surface area contributed by atoms with Crippen LogP contribution < -0.4 is 5.32 Å². The Morgan fingerprint density at radius 3 is 3.14 bits per heavy atom. The van der Waals surface area contributed by atoms with Crippen LogP contribution in [0.15, 0.2) is 30.5 Å². The highest BCUT2D eigenvalue weighted by Crippen LogP contribution is 1.80. The number of allylic oxidation sites excluding steroid dienone is 4. The van der Waals surface area contributed by atoms with Gasteiger partial charge in [-0.05, 0) is 0 Å². The number of rotatable bonds is 0. The maximum absolute atomic E-state index is 2.80. The van der Waals surface area contributed by atoms with Crippen molar-refractivity contribution >= 4 is 0 Å². The lowest BCUT2D eigenvalue weighted by Crippen LogP contribution is -1.88. The average molecular weight is 92.1 g/mol. The molecule has 0 aliphatic carbocycles. The second kappa shape index (κ2) is 2.24. The second-order valence-electron chi connectivity index (χ2n) is 1.20. The van der Waals surface area contributed by atoms with Gasteiger partial charge in [-0.2, -0.15) is 12.2 Å². The van der Waals surface area contributed by atoms with Gasteiger partial charge < -0.3 is 5.32 Å². The van der Waals surface area contributed by atoms with Crippen LogP contribution in [0.3, 0.4) is 0 Å². The van der Waals surface area contributed by atoms with Gasteiger partial charge in [-0.25, -0.2) is 0 Å². The normalized spacial score (nSPS) is 16.0. The van der Waals surface area contributed by atoms with Gasteiger partial charge in [-0.3, -0.25) is 0 Å². The monoisotopic (exact) mass is 92.1 g/mol. The van der Waals surface area contributed by atoms with Crippen LogP contribution in [0.4, 0.5) is 0 Å². The van der Waals surface area contributed by atoms with Gasteiger partial charge in [0.05, 0.1) is 0 Å². The highest BCUT2D eigenvalue weighted by atomic mass is 14.8. The molecule has 0 radical (unpaired) electrons. The summed E-state index contributed by atoms with van der Waals surface area (Å²) in [5, 5.41) is 2.80. The van der Waals surface area contributed by atoms with E-state index < -0.39 is 0 Å². The van der Waals surface area contributed by atoms with Crippen molar-refractivity contribution in [2.24, 2.45) is 0 Å². The first kappa shape index (κ1) is 4.19. The van der Waals surface area contributed by atoms with Crippen molar-refractivity contribution in [3.8, 4) is 0 Å². The van der Waals surface area contributed by atoms with Crippen molar-refractivity contribution in [3.05, 3.63) is 36.7 Å². The molecule has 0 saturated heterocycles. The molecule has 1 nitrogen and oxygen atoms in total. The summed E-state index contributed by atoms with van der Waals surface area (Å²) in [5.74, 6) is 0. The first-order valence-electron chi connectivity index (χ1n) is 2.16. The Morgan fingerprint density at radius 1 is 1.14 bits per heavy atom. The molecule has 0 unspecified atom stereocenters. The highest BCUT2D eigenvalue weighted by molar-refractivity contribution is 5.12. The van der Waals surface area contributed by atoms with E-state index in [0.717, 1.165) is 0 Å². The second-order valence-corrected chi connectivity index (χ2v) is 1.20. The zero-order valence-corrected chi connectivity index (χ0v) is 3.89. The van der Waals surface area contributed by atoms with Crippen LogP contribution in [0.25, 0.3) is 0 Å². The summed E-state index contributed by atoms with van der Waals surface area (Å²) in [7, 11) is 0. The van der Waals surface area contributed by atoms with Gasteiger partial charge >= 0.3 is 0 Å². The van der Waals surface area contributed by atoms with E-state index in [4.69, 9.17) is 0 Å². The summed E-state index contributed by atoms with van der Waals surface area (Å²) < 4.78 is 0. The number of hydrogen-bond donors (Lipinski definition) is 1. The van der Waals surface area contributed by atoms with Crippen LogP contribution in [0, 0.1) is 6.20 Å². The molecule has 7 heavy (non-hydrogen) atoms. The van der Waals surface area contributed by atoms with E-state index >= 15 is 0 Å². The molecular weight excluding hydrogens is 86.1 g/mol. The minimum Gasteiger partial charge on any atom is -0.474 e. The lowest BCUT2D eigenvalue weighted by Gasteiger charge is -1.89. The quantitative estimate of drug-likeness (QED) is 0.439. The van der Waals surface area contributed by atoms with E-state index in [1.807, 2.05) is 30.5 Å². The van der Waals surface area contributed by atoms with Crippen molar-refractivity contribution in [2.45, 2.75) is 0 Å². The molecule has 0 aromatic rings. The van der Waals surface area contributed by atoms with Crippen LogP contribution in [-0.2, 0) is 0 Å². The van der Waals surface area contributed by atoms with E-state index in [2.05, 4.69) is 11.5 Å². The molecule has 1 aliphatic rings. The van der Waals surface area contributed by atoms with Crippen LogP contribution in [0.5, 0.6) is 0 Å². The highest BCUT2D eigenvalue weighted by Gasteiger charge is 1.58. The maximum atomic E-state index is 2.80. The summed E-state index contributed by atoms with van der Waals surface area (Å²) in [6.07, 6.45) is 12.2. The fourth-order valence-electron chi connectivity index (χ4n) is 0.368. The summed E-state index contributed by atoms with van der Waals surface area (Å²) in [6, 6.07) is 0. The first-order chi connectivity index (χ1) is 3.50. The third-order valence-corrected chi connectivity index (χ3v) is 0.665. The van der Waals surface area contributed by atoms with E-state index in [9.17, 15) is 0 Å². The van der Waals surface area contributed by atoms with Gasteiger partial charge in [0.2, 0.25) is 0 Å². The third kappa shape index (κ3) is 1.26. The van der Waals surface area contributed by atoms with Crippen molar-refractivity contribution in [1.82, 2.24) is 5.32 Å². The molecule has 0 aromatic carbocycles. The van der Waals surface area contributed by atoms with E-state index in [1.54, 1.807) is 0 Å². The largest absolute Gasteiger partial charge is 0.474 e. The van der Waals surface area contributed by atoms with Gasteiger partial charge in [0.15, 0.2) is 0 Å². The van der Waals surface area contributed by atoms with Crippen LogP contribution in [-0.4, -0.2) is 0 Å². The Labute approximate surface area is 43.0 Å². The Hall–Kier alpha value is -0.980. The lowest BCUT2D eigenvalue weighted by atomic mass is 10.5. The number of nitrogens with one attached hydrogen (secondary N) is 1. The molecule has 36 valence electrons. The Morgan fingerprint density at radius 2 is 2.14 bits per heavy atom. The van der Waals surface area contributed by atoms with Crippen LogP contribution in [0.2, 0.25) is 0 Å². The van der Waals surface area contributed by atoms with Crippen molar-refractivity contribution < 1.29 is 0 Å². The van der Waals surface area contributed by atoms with Gasteiger partial charge in [0, 0.05) is 0 Å². The van der Waals surface area contributed by atoms with Crippen LogP contribution >= 0.6 is 0 Å². The average Bonchev–Trinajstić information content (AvgIpc) is 1.90. The van der Waals surface area contributed by atoms with Crippen LogP contribution in [0.1, 0.15) is 0 Å². The zero-order chi connectivity index (χ0) is 4.95. The molecule has 0 spiro atoms. The minimum absolute atomic E-state index is 1.82. The summed E-state index contributed by atoms with van der Waals surface area (Å²) in [6.45, 7) is 0. The van der Waals surface area contributed by atoms with Crippen molar-refractivity contribution in [3.63, 3.8) is 0 Å². The fourth-order valence-corrected chi connectivity index (χ4v) is 0.368. The Bertz CT molecular complexity index is 106. The number of hydrogen-bond acceptors (Lipinski definition) is 1. The van der Waals surface area contributed by atoms with Gasteiger partial charge in [0.1, 0.15) is 0 Å². The summed E-state index contributed by atoms with van der Waals surface area (Å²) >= 11 is 0. The van der Waals surface area contributed by atoms with E-state index in [-0.39, 0.29) is 0 Å². The van der Waals surface area contributed by atoms with E-state index in [1.165, 1.54) is 0 Å². The standard InChI is InChI=1S/C6H6N/c1-2-4-6-7-5-3-1/h1-5,7H/q-1. The third-order valence-electron chi connectivity index (χ3n) is 0.665. The smallest absolute Gasteiger partial charge is 0.0970 e. The molecular formula is C6H6N-. The molecule has 0 atom stereocenters. The van der Waals surface area contributed by atoms with Crippen molar-refractivity contribution in [1.29, 1.82) is 0 Å². The molecule has 0 fully saturated rings. The molecule has 1 N–H and O–H groups in total. The molecule has 0 aromatic heterocycles. The molecule has 1 heteroatoms. The van der Waals surface area contributed by atoms with E-state index in [0.29, 0.717) is 0 Å². The molecule has 0 bridgehead atoms. The minimum atomic E-state index is 1.82. The Kier molecular flexibility index (Phi) is 1.34. The maximum Gasteiger partial charge on any atom is -0.0970 e. The lowest BCUT2D eigenvalue weighted by molar-refractivity contribution is 1.16. The topological polar surface area (TPSA) is 12.0 Å². The first-order valence-corrected chi connectivity index (χ1v) is 2.16. The Balaban J connectivity index is 2.60. The molecule has 0 saturated carbocycles.